The van der Waals surface area contributed by atoms with E-state index >= 15 is 0 Å². The molecule has 1 unspecified atom stereocenters. The van der Waals surface area contributed by atoms with E-state index in [1.165, 1.54) is 22.9 Å². The number of hydrogen-bond acceptors (Lipinski definition) is 5. The van der Waals surface area contributed by atoms with Gasteiger partial charge in [0, 0.05) is 38.0 Å². The second-order valence-electron chi connectivity index (χ2n) is 7.12. The van der Waals surface area contributed by atoms with Gasteiger partial charge in [0.1, 0.15) is 5.82 Å². The molecule has 6 heteroatoms. The van der Waals surface area contributed by atoms with Crippen LogP contribution in [0.15, 0.2) is 24.3 Å². The molecule has 1 aromatic heterocycles. The number of nitrogens with zero attached hydrogens (tertiary/aromatic N) is 3. The third kappa shape index (κ3) is 3.80. The van der Waals surface area contributed by atoms with Gasteiger partial charge in [-0.1, -0.05) is 12.1 Å². The molecule has 4 rings (SSSR count). The molecule has 1 atom stereocenters. The molecule has 1 amide bonds. The minimum atomic E-state index is 0.327. The average Bonchev–Trinajstić information content (AvgIpc) is 3.11. The van der Waals surface area contributed by atoms with Crippen molar-refractivity contribution in [1.29, 1.82) is 0 Å². The highest BCUT2D eigenvalue weighted by Gasteiger charge is 2.24. The van der Waals surface area contributed by atoms with Crippen LogP contribution in [-0.2, 0) is 4.79 Å². The average molecular weight is 359 g/mol. The van der Waals surface area contributed by atoms with Crippen LogP contribution < -0.4 is 10.2 Å². The van der Waals surface area contributed by atoms with Gasteiger partial charge < -0.3 is 15.1 Å². The molecule has 2 saturated heterocycles. The number of nitrogens with one attached hydrogen (secondary N) is 1. The van der Waals surface area contributed by atoms with Gasteiger partial charge in [0.05, 0.1) is 4.70 Å². The normalized spacial score (nSPS) is 21.7. The second-order valence-corrected chi connectivity index (χ2v) is 7.93. The number of hydrogen-bond donors (Lipinski definition) is 1. The molecular formula is C19H26N4OS. The maximum Gasteiger partial charge on any atom is 0.222 e. The molecule has 2 aliphatic heterocycles. The summed E-state index contributed by atoms with van der Waals surface area (Å²) in [7, 11) is 0. The Morgan fingerprint density at radius 3 is 2.88 bits per heavy atom. The van der Waals surface area contributed by atoms with E-state index in [1.54, 1.807) is 11.5 Å². The van der Waals surface area contributed by atoms with Gasteiger partial charge >= 0.3 is 0 Å². The molecule has 25 heavy (non-hydrogen) atoms. The van der Waals surface area contributed by atoms with Crippen molar-refractivity contribution < 1.29 is 4.79 Å². The Balaban J connectivity index is 1.29. The SMILES string of the molecule is O=C(CCC1CCCNC1)N1CCN(c2nsc3ccccc23)CC1. The van der Waals surface area contributed by atoms with Crippen molar-refractivity contribution in [3.05, 3.63) is 24.3 Å². The minimum Gasteiger partial charge on any atom is -0.352 e. The fraction of sp³-hybridized carbons (Fsp3) is 0.579. The maximum atomic E-state index is 12.5. The Morgan fingerprint density at radius 2 is 2.08 bits per heavy atom. The highest BCUT2D eigenvalue weighted by Crippen LogP contribution is 2.30. The molecule has 1 N–H and O–H groups in total. The zero-order valence-corrected chi connectivity index (χ0v) is 15.4. The highest BCUT2D eigenvalue weighted by molar-refractivity contribution is 7.13. The number of aromatic nitrogens is 1. The molecule has 0 aliphatic carbocycles. The Labute approximate surface area is 153 Å². The summed E-state index contributed by atoms with van der Waals surface area (Å²) < 4.78 is 5.88. The van der Waals surface area contributed by atoms with Gasteiger partial charge in [-0.3, -0.25) is 4.79 Å². The fourth-order valence-corrected chi connectivity index (χ4v) is 4.72. The van der Waals surface area contributed by atoms with Gasteiger partial charge in [-0.05, 0) is 61.9 Å². The number of piperidine rings is 1. The Kier molecular flexibility index (Phi) is 5.17. The third-order valence-electron chi connectivity index (χ3n) is 5.46. The molecular weight excluding hydrogens is 332 g/mol. The standard InChI is InChI=1S/C19H26N4OS/c24-18(8-7-15-4-3-9-20-14-15)22-10-12-23(13-11-22)19-16-5-1-2-6-17(16)25-21-19/h1-2,5-6,15,20H,3-4,7-14H2. The van der Waals surface area contributed by atoms with Crippen LogP contribution in [0.4, 0.5) is 5.82 Å². The van der Waals surface area contributed by atoms with E-state index in [-0.39, 0.29) is 0 Å². The molecule has 3 heterocycles. The van der Waals surface area contributed by atoms with Gasteiger partial charge in [0.2, 0.25) is 5.91 Å². The summed E-state index contributed by atoms with van der Waals surface area (Å²) in [6, 6.07) is 8.39. The number of amides is 1. The number of carbonyl (C=O) groups excluding carboxylic acids is 1. The van der Waals surface area contributed by atoms with Crippen molar-refractivity contribution in [2.24, 2.45) is 5.92 Å². The molecule has 0 saturated carbocycles. The second kappa shape index (κ2) is 7.70. The van der Waals surface area contributed by atoms with Gasteiger partial charge in [-0.2, -0.15) is 4.37 Å². The third-order valence-corrected chi connectivity index (χ3v) is 6.27. The van der Waals surface area contributed by atoms with Crippen LogP contribution in [0.3, 0.4) is 0 Å². The van der Waals surface area contributed by atoms with Crippen LogP contribution in [0.2, 0.25) is 0 Å². The minimum absolute atomic E-state index is 0.327. The lowest BCUT2D eigenvalue weighted by atomic mass is 9.94. The van der Waals surface area contributed by atoms with Crippen molar-refractivity contribution in [2.45, 2.75) is 25.7 Å². The monoisotopic (exact) mass is 358 g/mol. The van der Waals surface area contributed by atoms with Crippen molar-refractivity contribution in [1.82, 2.24) is 14.6 Å². The maximum absolute atomic E-state index is 12.5. The number of benzene rings is 1. The largest absolute Gasteiger partial charge is 0.352 e. The molecule has 1 aromatic carbocycles. The fourth-order valence-electron chi connectivity index (χ4n) is 3.92. The summed E-state index contributed by atoms with van der Waals surface area (Å²) in [5.74, 6) is 2.09. The van der Waals surface area contributed by atoms with Crippen molar-refractivity contribution in [3.8, 4) is 0 Å². The Hall–Kier alpha value is -1.66. The number of piperazine rings is 1. The van der Waals surface area contributed by atoms with Crippen LogP contribution in [0.25, 0.3) is 10.1 Å². The summed E-state index contributed by atoms with van der Waals surface area (Å²) in [4.78, 5) is 16.9. The Bertz CT molecular complexity index is 717. The van der Waals surface area contributed by atoms with E-state index in [1.807, 2.05) is 4.90 Å². The first-order valence-electron chi connectivity index (χ1n) is 9.39. The van der Waals surface area contributed by atoms with Crippen LogP contribution in [-0.4, -0.2) is 54.4 Å². The highest BCUT2D eigenvalue weighted by atomic mass is 32.1. The molecule has 134 valence electrons. The van der Waals surface area contributed by atoms with E-state index in [2.05, 4.69) is 38.9 Å². The molecule has 2 aliphatic rings. The lowest BCUT2D eigenvalue weighted by Crippen LogP contribution is -2.49. The molecule has 2 fully saturated rings. The summed E-state index contributed by atoms with van der Waals surface area (Å²) in [6.45, 7) is 5.60. The number of rotatable bonds is 4. The lowest BCUT2D eigenvalue weighted by Gasteiger charge is -2.35. The van der Waals surface area contributed by atoms with E-state index in [4.69, 9.17) is 0 Å². The smallest absolute Gasteiger partial charge is 0.222 e. The summed E-state index contributed by atoms with van der Waals surface area (Å²) >= 11 is 1.56. The topological polar surface area (TPSA) is 48.5 Å². The summed E-state index contributed by atoms with van der Waals surface area (Å²) in [6.07, 6.45) is 4.25. The number of anilines is 1. The van der Waals surface area contributed by atoms with Gasteiger partial charge in [-0.15, -0.1) is 0 Å². The van der Waals surface area contributed by atoms with E-state index < -0.39 is 0 Å². The molecule has 0 radical (unpaired) electrons. The van der Waals surface area contributed by atoms with Gasteiger partial charge in [0.25, 0.3) is 0 Å². The lowest BCUT2D eigenvalue weighted by molar-refractivity contribution is -0.131. The van der Waals surface area contributed by atoms with E-state index in [9.17, 15) is 4.79 Å². The zero-order valence-electron chi connectivity index (χ0n) is 14.6. The van der Waals surface area contributed by atoms with E-state index in [0.717, 1.165) is 51.5 Å². The van der Waals surface area contributed by atoms with Gasteiger partial charge in [0.15, 0.2) is 0 Å². The number of fused-ring (bicyclic) bond motifs is 1. The summed E-state index contributed by atoms with van der Waals surface area (Å²) in [5, 5.41) is 4.67. The quantitative estimate of drug-likeness (QED) is 0.913. The van der Waals surface area contributed by atoms with Crippen molar-refractivity contribution >= 4 is 33.3 Å². The molecule has 0 bridgehead atoms. The predicted octanol–water partition coefficient (Wildman–Crippen LogP) is 2.72. The Morgan fingerprint density at radius 1 is 1.24 bits per heavy atom. The van der Waals surface area contributed by atoms with E-state index in [0.29, 0.717) is 18.2 Å². The van der Waals surface area contributed by atoms with Crippen molar-refractivity contribution in [2.75, 3.05) is 44.2 Å². The predicted molar refractivity (Wildman–Crippen MR) is 103 cm³/mol. The number of carbonyl (C=O) groups is 1. The first kappa shape index (κ1) is 16.8. The van der Waals surface area contributed by atoms with Crippen LogP contribution in [0, 0.1) is 5.92 Å². The van der Waals surface area contributed by atoms with Crippen LogP contribution in [0.5, 0.6) is 0 Å². The zero-order chi connectivity index (χ0) is 17.1. The molecule has 0 spiro atoms. The first-order chi connectivity index (χ1) is 12.3. The summed E-state index contributed by atoms with van der Waals surface area (Å²) in [5.41, 5.74) is 0. The van der Waals surface area contributed by atoms with Crippen LogP contribution in [0.1, 0.15) is 25.7 Å². The van der Waals surface area contributed by atoms with Crippen molar-refractivity contribution in [3.63, 3.8) is 0 Å². The van der Waals surface area contributed by atoms with Gasteiger partial charge in [-0.25, -0.2) is 0 Å². The molecule has 5 nitrogen and oxygen atoms in total. The van der Waals surface area contributed by atoms with Crippen LogP contribution >= 0.6 is 11.5 Å². The first-order valence-corrected chi connectivity index (χ1v) is 10.2. The molecule has 2 aromatic rings.